The molecule has 0 aromatic rings. The number of carbonyl (C=O) groups is 2. The fourth-order valence-electron chi connectivity index (χ4n) is 0.758. The molecule has 0 aromatic carbocycles. The minimum absolute atomic E-state index is 0.222. The lowest BCUT2D eigenvalue weighted by Gasteiger charge is -2.19. The molecule has 1 aliphatic heterocycles. The Bertz CT molecular complexity index is 226. The minimum atomic E-state index is -0.504. The maximum Gasteiger partial charge on any atom is 0.329 e. The van der Waals surface area contributed by atoms with E-state index in [4.69, 9.17) is 0 Å². The quantitative estimate of drug-likeness (QED) is 0.528. The number of amides is 1. The molecule has 1 saturated heterocycles. The zero-order valence-electron chi connectivity index (χ0n) is 7.46. The molecule has 0 bridgehead atoms. The van der Waals surface area contributed by atoms with Gasteiger partial charge in [0.1, 0.15) is 0 Å². The van der Waals surface area contributed by atoms with Crippen LogP contribution in [0.2, 0.25) is 0 Å². The van der Waals surface area contributed by atoms with Crippen molar-refractivity contribution in [2.24, 2.45) is 5.41 Å². The second kappa shape index (κ2) is 4.23. The zero-order valence-corrected chi connectivity index (χ0v) is 9.09. The highest BCUT2D eigenvalue weighted by molar-refractivity contribution is 8.77. The molecule has 1 rings (SSSR count). The van der Waals surface area contributed by atoms with Crippen molar-refractivity contribution in [1.29, 1.82) is 0 Å². The fraction of sp³-hybridized carbons (Fsp3) is 0.714. The summed E-state index contributed by atoms with van der Waals surface area (Å²) in [5, 5.41) is 0. The van der Waals surface area contributed by atoms with Crippen LogP contribution in [-0.2, 0) is 14.4 Å². The summed E-state index contributed by atoms with van der Waals surface area (Å²) in [5.74, 6) is 0.783. The first-order chi connectivity index (χ1) is 6.04. The summed E-state index contributed by atoms with van der Waals surface area (Å²) >= 11 is 0. The number of carbonyl (C=O) groups excluding carboxylic acids is 2. The van der Waals surface area contributed by atoms with Crippen LogP contribution >= 0.6 is 21.6 Å². The van der Waals surface area contributed by atoms with Crippen LogP contribution in [0.5, 0.6) is 0 Å². The van der Waals surface area contributed by atoms with E-state index in [1.807, 2.05) is 6.92 Å². The van der Waals surface area contributed by atoms with Crippen molar-refractivity contribution < 1.29 is 14.4 Å². The molecule has 6 heteroatoms. The first-order valence-electron chi connectivity index (χ1n) is 3.77. The van der Waals surface area contributed by atoms with Crippen molar-refractivity contribution in [2.45, 2.75) is 13.8 Å². The fourth-order valence-corrected chi connectivity index (χ4v) is 4.10. The number of hydrogen-bond donors (Lipinski definition) is 1. The van der Waals surface area contributed by atoms with Gasteiger partial charge in [-0.05, 0) is 6.92 Å². The van der Waals surface area contributed by atoms with Crippen LogP contribution in [-0.4, -0.2) is 23.4 Å². The molecule has 0 aliphatic carbocycles. The van der Waals surface area contributed by atoms with Crippen molar-refractivity contribution in [2.75, 3.05) is 11.5 Å². The first-order valence-corrected chi connectivity index (χ1v) is 6.26. The van der Waals surface area contributed by atoms with Crippen molar-refractivity contribution in [3.8, 4) is 0 Å². The molecule has 1 aliphatic rings. The zero-order chi connectivity index (χ0) is 9.90. The molecule has 1 N–H and O–H groups in total. The number of hydroxylamine groups is 1. The third kappa shape index (κ3) is 2.80. The van der Waals surface area contributed by atoms with E-state index < -0.39 is 11.4 Å². The summed E-state index contributed by atoms with van der Waals surface area (Å²) in [5.41, 5.74) is 1.74. The summed E-state index contributed by atoms with van der Waals surface area (Å²) in [6, 6.07) is 0. The molecule has 0 spiro atoms. The lowest BCUT2D eigenvalue weighted by molar-refractivity contribution is -0.159. The second-order valence-corrected chi connectivity index (χ2v) is 5.57. The monoisotopic (exact) mass is 221 g/mol. The van der Waals surface area contributed by atoms with E-state index in [2.05, 4.69) is 10.3 Å². The van der Waals surface area contributed by atoms with E-state index in [1.165, 1.54) is 6.92 Å². The normalized spacial score (nSPS) is 19.5. The number of hydrogen-bond acceptors (Lipinski definition) is 5. The van der Waals surface area contributed by atoms with Crippen LogP contribution in [0.3, 0.4) is 0 Å². The van der Waals surface area contributed by atoms with E-state index in [0.29, 0.717) is 0 Å². The largest absolute Gasteiger partial charge is 0.341 e. The van der Waals surface area contributed by atoms with E-state index in [1.54, 1.807) is 21.6 Å². The summed E-state index contributed by atoms with van der Waals surface area (Å²) in [4.78, 5) is 26.3. The van der Waals surface area contributed by atoms with Crippen LogP contribution in [0.1, 0.15) is 13.8 Å². The third-order valence-electron chi connectivity index (χ3n) is 1.67. The van der Waals surface area contributed by atoms with Gasteiger partial charge in [-0.1, -0.05) is 21.6 Å². The van der Waals surface area contributed by atoms with Crippen molar-refractivity contribution in [1.82, 2.24) is 5.48 Å². The van der Waals surface area contributed by atoms with Gasteiger partial charge in [-0.15, -0.1) is 0 Å². The molecule has 0 aromatic heterocycles. The predicted octanol–water partition coefficient (Wildman–Crippen LogP) is 0.982. The van der Waals surface area contributed by atoms with Gasteiger partial charge in [0, 0.05) is 18.4 Å². The van der Waals surface area contributed by atoms with Gasteiger partial charge in [0.15, 0.2) is 0 Å². The highest BCUT2D eigenvalue weighted by Gasteiger charge is 2.38. The molecule has 13 heavy (non-hydrogen) atoms. The average Bonchev–Trinajstić information content (AvgIpc) is 2.49. The molecule has 1 heterocycles. The van der Waals surface area contributed by atoms with Gasteiger partial charge in [-0.2, -0.15) is 5.48 Å². The first kappa shape index (κ1) is 10.7. The standard InChI is InChI=1S/C7H11NO3S2/c1-5(9)11-8-6(10)7(2)3-12-13-4-7/h3-4H2,1-2H3,(H,8,10). The van der Waals surface area contributed by atoms with Gasteiger partial charge in [-0.3, -0.25) is 9.59 Å². The van der Waals surface area contributed by atoms with Crippen molar-refractivity contribution >= 4 is 33.5 Å². The summed E-state index contributed by atoms with van der Waals surface area (Å²) in [7, 11) is 3.32. The molecule has 0 radical (unpaired) electrons. The van der Waals surface area contributed by atoms with Crippen LogP contribution < -0.4 is 5.48 Å². The Kier molecular flexibility index (Phi) is 3.49. The lowest BCUT2D eigenvalue weighted by Crippen LogP contribution is -2.41. The van der Waals surface area contributed by atoms with Crippen LogP contribution in [0.15, 0.2) is 0 Å². The van der Waals surface area contributed by atoms with Crippen LogP contribution in [0, 0.1) is 5.41 Å². The van der Waals surface area contributed by atoms with Gasteiger partial charge < -0.3 is 4.84 Å². The van der Waals surface area contributed by atoms with Gasteiger partial charge in [0.2, 0.25) is 0 Å². The lowest BCUT2D eigenvalue weighted by atomic mass is 9.95. The molecule has 74 valence electrons. The molecule has 1 amide bonds. The SMILES string of the molecule is CC(=O)ONC(=O)C1(C)CSSC1. The van der Waals surface area contributed by atoms with E-state index in [9.17, 15) is 9.59 Å². The Morgan fingerprint density at radius 3 is 2.38 bits per heavy atom. The smallest absolute Gasteiger partial charge is 0.329 e. The Hall–Kier alpha value is -0.360. The average molecular weight is 221 g/mol. The minimum Gasteiger partial charge on any atom is -0.341 e. The maximum atomic E-state index is 11.5. The molecule has 4 nitrogen and oxygen atoms in total. The number of nitrogens with one attached hydrogen (secondary N) is 1. The van der Waals surface area contributed by atoms with Gasteiger partial charge >= 0.3 is 5.97 Å². The molecule has 0 unspecified atom stereocenters. The van der Waals surface area contributed by atoms with Crippen LogP contribution in [0.25, 0.3) is 0 Å². The highest BCUT2D eigenvalue weighted by atomic mass is 33.1. The molecule has 0 saturated carbocycles. The summed E-state index contributed by atoms with van der Waals surface area (Å²) in [6.45, 7) is 3.11. The van der Waals surface area contributed by atoms with Crippen molar-refractivity contribution in [3.05, 3.63) is 0 Å². The van der Waals surface area contributed by atoms with E-state index in [-0.39, 0.29) is 5.91 Å². The number of rotatable bonds is 1. The van der Waals surface area contributed by atoms with Gasteiger partial charge in [0.05, 0.1) is 5.41 Å². The Morgan fingerprint density at radius 1 is 1.38 bits per heavy atom. The highest BCUT2D eigenvalue weighted by Crippen LogP contribution is 2.42. The molecule has 1 fully saturated rings. The molecule has 0 atom stereocenters. The third-order valence-corrected chi connectivity index (χ3v) is 4.56. The Morgan fingerprint density at radius 2 is 1.92 bits per heavy atom. The Labute approximate surface area is 84.5 Å². The molecular weight excluding hydrogens is 210 g/mol. The second-order valence-electron chi connectivity index (χ2n) is 3.11. The van der Waals surface area contributed by atoms with Crippen molar-refractivity contribution in [3.63, 3.8) is 0 Å². The summed E-state index contributed by atoms with van der Waals surface area (Å²) in [6.07, 6.45) is 0. The molecular formula is C7H11NO3S2. The van der Waals surface area contributed by atoms with Gasteiger partial charge in [0.25, 0.3) is 5.91 Å². The maximum absolute atomic E-state index is 11.5. The topological polar surface area (TPSA) is 55.4 Å². The van der Waals surface area contributed by atoms with Crippen LogP contribution in [0.4, 0.5) is 0 Å². The summed E-state index contributed by atoms with van der Waals surface area (Å²) < 4.78 is 0. The predicted molar refractivity (Wildman–Crippen MR) is 52.9 cm³/mol. The van der Waals surface area contributed by atoms with Gasteiger partial charge in [-0.25, -0.2) is 0 Å². The Balaban J connectivity index is 2.42. The van der Waals surface area contributed by atoms with E-state index >= 15 is 0 Å². The van der Waals surface area contributed by atoms with E-state index in [0.717, 1.165) is 11.5 Å².